The van der Waals surface area contributed by atoms with E-state index in [1.54, 1.807) is 0 Å². The van der Waals surface area contributed by atoms with Gasteiger partial charge in [-0.1, -0.05) is 146 Å². The molecule has 0 aromatic heterocycles. The van der Waals surface area contributed by atoms with Gasteiger partial charge < -0.3 is 4.74 Å². The quantitative estimate of drug-likeness (QED) is 0.191. The zero-order valence-electron chi connectivity index (χ0n) is 24.6. The molecule has 0 aliphatic carbocycles. The molecule has 0 saturated carbocycles. The van der Waals surface area contributed by atoms with Crippen molar-refractivity contribution < 1.29 is 4.74 Å². The third kappa shape index (κ3) is 4.17. The smallest absolute Gasteiger partial charge is 0.135 e. The van der Waals surface area contributed by atoms with E-state index in [-0.39, 0.29) is 0 Å². The van der Waals surface area contributed by atoms with Crippen LogP contribution in [0.15, 0.2) is 170 Å². The summed E-state index contributed by atoms with van der Waals surface area (Å²) in [6.45, 7) is 0. The second kappa shape index (κ2) is 10.4. The van der Waals surface area contributed by atoms with Gasteiger partial charge in [-0.05, 0) is 90.3 Å². The van der Waals surface area contributed by atoms with Crippen molar-refractivity contribution in [2.24, 2.45) is 0 Å². The molecule has 1 aliphatic rings. The van der Waals surface area contributed by atoms with Crippen molar-refractivity contribution in [2.45, 2.75) is 0 Å². The topological polar surface area (TPSA) is 9.23 Å². The highest BCUT2D eigenvalue weighted by Crippen LogP contribution is 2.50. The van der Waals surface area contributed by atoms with Crippen molar-refractivity contribution in [3.63, 3.8) is 0 Å². The van der Waals surface area contributed by atoms with E-state index in [2.05, 4.69) is 170 Å². The lowest BCUT2D eigenvalue weighted by Gasteiger charge is -2.19. The van der Waals surface area contributed by atoms with E-state index >= 15 is 0 Å². The predicted molar refractivity (Wildman–Crippen MR) is 189 cm³/mol. The minimum Gasteiger partial charge on any atom is -0.456 e. The van der Waals surface area contributed by atoms with Crippen LogP contribution < -0.4 is 4.74 Å². The Bertz CT molecular complexity index is 2330. The van der Waals surface area contributed by atoms with Gasteiger partial charge in [-0.3, -0.25) is 0 Å². The molecule has 0 atom stereocenters. The van der Waals surface area contributed by atoms with E-state index in [9.17, 15) is 0 Å². The van der Waals surface area contributed by atoms with Gasteiger partial charge in [-0.25, -0.2) is 0 Å². The summed E-state index contributed by atoms with van der Waals surface area (Å²) < 4.78 is 6.72. The van der Waals surface area contributed by atoms with Gasteiger partial charge in [0.15, 0.2) is 0 Å². The molecule has 8 aromatic rings. The fourth-order valence-corrected chi connectivity index (χ4v) is 7.05. The maximum Gasteiger partial charge on any atom is 0.135 e. The van der Waals surface area contributed by atoms with Crippen molar-refractivity contribution in [2.75, 3.05) is 0 Å². The van der Waals surface area contributed by atoms with Crippen LogP contribution in [-0.4, -0.2) is 0 Å². The van der Waals surface area contributed by atoms with Crippen molar-refractivity contribution >= 4 is 21.5 Å². The molecule has 0 N–H and O–H groups in total. The highest BCUT2D eigenvalue weighted by Gasteiger charge is 2.23. The van der Waals surface area contributed by atoms with E-state index in [0.717, 1.165) is 22.6 Å². The highest BCUT2D eigenvalue weighted by atomic mass is 16.5. The molecule has 0 fully saturated rings. The summed E-state index contributed by atoms with van der Waals surface area (Å²) in [4.78, 5) is 0. The Balaban J connectivity index is 1.28. The van der Waals surface area contributed by atoms with Crippen LogP contribution in [0.2, 0.25) is 0 Å². The Labute approximate surface area is 262 Å². The third-order valence-electron chi connectivity index (χ3n) is 9.08. The van der Waals surface area contributed by atoms with Gasteiger partial charge in [-0.15, -0.1) is 0 Å². The summed E-state index contributed by atoms with van der Waals surface area (Å²) in [7, 11) is 0. The minimum absolute atomic E-state index is 0.868. The molecule has 9 rings (SSSR count). The first-order valence-corrected chi connectivity index (χ1v) is 15.4. The molecule has 210 valence electrons. The molecule has 0 unspecified atom stereocenters. The van der Waals surface area contributed by atoms with E-state index in [0.29, 0.717) is 0 Å². The molecular formula is C44H28O. The van der Waals surface area contributed by atoms with E-state index in [1.165, 1.54) is 66.1 Å². The van der Waals surface area contributed by atoms with Crippen LogP contribution in [-0.2, 0) is 0 Å². The van der Waals surface area contributed by atoms with Crippen LogP contribution in [0, 0.1) is 0 Å². The van der Waals surface area contributed by atoms with Gasteiger partial charge in [-0.2, -0.15) is 0 Å². The molecular weight excluding hydrogens is 544 g/mol. The fourth-order valence-electron chi connectivity index (χ4n) is 7.05. The average molecular weight is 573 g/mol. The number of hydrogen-bond acceptors (Lipinski definition) is 1. The van der Waals surface area contributed by atoms with Gasteiger partial charge in [0.2, 0.25) is 0 Å². The molecule has 0 radical (unpaired) electrons. The first kappa shape index (κ1) is 25.6. The van der Waals surface area contributed by atoms with Crippen LogP contribution in [0.1, 0.15) is 0 Å². The number of rotatable bonds is 3. The molecule has 1 nitrogen and oxygen atoms in total. The van der Waals surface area contributed by atoms with Crippen molar-refractivity contribution in [3.8, 4) is 67.1 Å². The summed E-state index contributed by atoms with van der Waals surface area (Å²) in [5.74, 6) is 1.74. The van der Waals surface area contributed by atoms with Gasteiger partial charge in [0, 0.05) is 11.1 Å². The number of fused-ring (bicyclic) bond motifs is 7. The molecule has 1 heteroatoms. The second-order valence-electron chi connectivity index (χ2n) is 11.6. The van der Waals surface area contributed by atoms with Gasteiger partial charge in [0.05, 0.1) is 0 Å². The fraction of sp³-hybridized carbons (Fsp3) is 0. The summed E-state index contributed by atoms with van der Waals surface area (Å²) in [5, 5.41) is 5.00. The number of benzene rings is 8. The van der Waals surface area contributed by atoms with Crippen molar-refractivity contribution in [1.29, 1.82) is 0 Å². The Morgan fingerprint density at radius 1 is 0.267 bits per heavy atom. The molecule has 45 heavy (non-hydrogen) atoms. The summed E-state index contributed by atoms with van der Waals surface area (Å²) in [6, 6.07) is 60.9. The lowest BCUT2D eigenvalue weighted by Crippen LogP contribution is -1.92. The summed E-state index contributed by atoms with van der Waals surface area (Å²) >= 11 is 0. The monoisotopic (exact) mass is 572 g/mol. The molecule has 0 saturated heterocycles. The first-order valence-electron chi connectivity index (χ1n) is 15.4. The second-order valence-corrected chi connectivity index (χ2v) is 11.6. The number of ether oxygens (including phenoxy) is 1. The van der Waals surface area contributed by atoms with E-state index < -0.39 is 0 Å². The Hall–Kier alpha value is -5.92. The van der Waals surface area contributed by atoms with Crippen LogP contribution in [0.3, 0.4) is 0 Å². The van der Waals surface area contributed by atoms with Gasteiger partial charge in [0.25, 0.3) is 0 Å². The first-order chi connectivity index (χ1) is 22.3. The molecule has 0 spiro atoms. The maximum atomic E-state index is 6.72. The lowest BCUT2D eigenvalue weighted by atomic mass is 9.85. The predicted octanol–water partition coefficient (Wildman–Crippen LogP) is 12.4. The van der Waals surface area contributed by atoms with Gasteiger partial charge in [0.1, 0.15) is 11.5 Å². The zero-order chi connectivity index (χ0) is 29.7. The molecule has 1 aliphatic heterocycles. The molecule has 8 aromatic carbocycles. The van der Waals surface area contributed by atoms with Crippen molar-refractivity contribution in [1.82, 2.24) is 0 Å². The van der Waals surface area contributed by atoms with Gasteiger partial charge >= 0.3 is 0 Å². The van der Waals surface area contributed by atoms with E-state index in [4.69, 9.17) is 4.74 Å². The maximum absolute atomic E-state index is 6.72. The summed E-state index contributed by atoms with van der Waals surface area (Å²) in [6.07, 6.45) is 0. The minimum atomic E-state index is 0.868. The highest BCUT2D eigenvalue weighted by molar-refractivity contribution is 6.21. The normalized spacial score (nSPS) is 11.7. The zero-order valence-corrected chi connectivity index (χ0v) is 24.6. The molecule has 0 bridgehead atoms. The Morgan fingerprint density at radius 3 is 1.20 bits per heavy atom. The molecule has 0 amide bonds. The average Bonchev–Trinajstić information content (AvgIpc) is 3.25. The number of hydrogen-bond donors (Lipinski definition) is 0. The van der Waals surface area contributed by atoms with Crippen LogP contribution in [0.4, 0.5) is 0 Å². The Kier molecular flexibility index (Phi) is 5.89. The SMILES string of the molecule is c1ccc(-c2ccc3c(c2)-c2ccccc2-c2cc(-c4c5ccccc5c(-c5ccccc5)c5ccccc45)ccc2O3)cc1. The van der Waals surface area contributed by atoms with Crippen LogP contribution >= 0.6 is 0 Å². The third-order valence-corrected chi connectivity index (χ3v) is 9.08. The largest absolute Gasteiger partial charge is 0.456 e. The molecule has 1 heterocycles. The summed E-state index contributed by atoms with van der Waals surface area (Å²) in [5.41, 5.74) is 11.9. The van der Waals surface area contributed by atoms with Crippen LogP contribution in [0.25, 0.3) is 77.2 Å². The van der Waals surface area contributed by atoms with Crippen LogP contribution in [0.5, 0.6) is 11.5 Å². The Morgan fingerprint density at radius 2 is 0.667 bits per heavy atom. The lowest BCUT2D eigenvalue weighted by molar-refractivity contribution is 0.488. The van der Waals surface area contributed by atoms with Crippen molar-refractivity contribution in [3.05, 3.63) is 170 Å². The standard InChI is InChI=1S/C44H28O/c1-3-13-29(14-4-1)31-23-25-41-39(27-31)33-17-7-8-18-34(33)40-28-32(24-26-42(40)45-41)44-37-21-11-9-19-35(37)43(30-15-5-2-6-16-30)36-20-10-12-22-38(36)44/h1-28H. The van der Waals surface area contributed by atoms with E-state index in [1.807, 2.05) is 0 Å².